The molecule has 2 saturated heterocycles. The van der Waals surface area contributed by atoms with E-state index in [1.807, 2.05) is 33.8 Å². The van der Waals surface area contributed by atoms with E-state index in [1.165, 1.54) is 0 Å². The molecule has 3 aromatic rings. The number of hydrogen-bond acceptors (Lipinski definition) is 7. The SMILES string of the molecule is O=C1COCCN1CCN1CCC(c2nnc3ccc(-n4cccn4)nn23)CC1. The van der Waals surface area contributed by atoms with Crippen LogP contribution in [0.5, 0.6) is 0 Å². The van der Waals surface area contributed by atoms with E-state index in [9.17, 15) is 4.79 Å². The minimum Gasteiger partial charge on any atom is -0.370 e. The zero-order valence-corrected chi connectivity index (χ0v) is 16.2. The summed E-state index contributed by atoms with van der Waals surface area (Å²) in [5.74, 6) is 2.08. The molecule has 0 atom stereocenters. The third-order valence-electron chi connectivity index (χ3n) is 5.73. The summed E-state index contributed by atoms with van der Waals surface area (Å²) in [6.45, 7) is 5.20. The fourth-order valence-corrected chi connectivity index (χ4v) is 4.04. The van der Waals surface area contributed by atoms with E-state index < -0.39 is 0 Å². The lowest BCUT2D eigenvalue weighted by molar-refractivity contribution is -0.142. The number of nitrogens with zero attached hydrogens (tertiary/aromatic N) is 8. The zero-order chi connectivity index (χ0) is 19.6. The molecule has 1 amide bonds. The Morgan fingerprint density at radius 1 is 1.10 bits per heavy atom. The maximum absolute atomic E-state index is 11.9. The molecule has 0 radical (unpaired) electrons. The Morgan fingerprint density at radius 2 is 2.00 bits per heavy atom. The highest BCUT2D eigenvalue weighted by atomic mass is 16.5. The molecule has 5 heterocycles. The number of carbonyl (C=O) groups excluding carboxylic acids is 1. The average molecular weight is 396 g/mol. The molecule has 0 saturated carbocycles. The second-order valence-electron chi connectivity index (χ2n) is 7.52. The number of rotatable bonds is 5. The number of carbonyl (C=O) groups is 1. The lowest BCUT2D eigenvalue weighted by Crippen LogP contribution is -2.46. The topological polar surface area (TPSA) is 93.7 Å². The summed E-state index contributed by atoms with van der Waals surface area (Å²) in [6, 6.07) is 5.70. The minimum absolute atomic E-state index is 0.0973. The van der Waals surface area contributed by atoms with E-state index in [4.69, 9.17) is 9.84 Å². The molecule has 2 aliphatic heterocycles. The molecular formula is C19H24N8O2. The second-order valence-corrected chi connectivity index (χ2v) is 7.52. The summed E-state index contributed by atoms with van der Waals surface area (Å²) in [5.41, 5.74) is 0.754. The van der Waals surface area contributed by atoms with Gasteiger partial charge in [0.15, 0.2) is 17.3 Å². The third kappa shape index (κ3) is 3.73. The van der Waals surface area contributed by atoms with E-state index in [2.05, 4.69) is 20.2 Å². The van der Waals surface area contributed by atoms with Gasteiger partial charge < -0.3 is 14.5 Å². The van der Waals surface area contributed by atoms with E-state index in [0.29, 0.717) is 19.1 Å². The van der Waals surface area contributed by atoms with Crippen LogP contribution in [0.1, 0.15) is 24.6 Å². The molecule has 2 aliphatic rings. The fourth-order valence-electron chi connectivity index (χ4n) is 4.04. The van der Waals surface area contributed by atoms with Crippen LogP contribution >= 0.6 is 0 Å². The Labute approximate surface area is 168 Å². The molecule has 152 valence electrons. The molecular weight excluding hydrogens is 372 g/mol. The van der Waals surface area contributed by atoms with Crippen LogP contribution in [0, 0.1) is 0 Å². The van der Waals surface area contributed by atoms with E-state index in [0.717, 1.165) is 56.3 Å². The van der Waals surface area contributed by atoms with Gasteiger partial charge >= 0.3 is 0 Å². The van der Waals surface area contributed by atoms with Crippen LogP contribution in [-0.2, 0) is 9.53 Å². The van der Waals surface area contributed by atoms with Crippen molar-refractivity contribution < 1.29 is 9.53 Å². The van der Waals surface area contributed by atoms with Crippen molar-refractivity contribution in [1.82, 2.24) is 39.4 Å². The van der Waals surface area contributed by atoms with Crippen LogP contribution in [0.15, 0.2) is 30.6 Å². The molecule has 29 heavy (non-hydrogen) atoms. The lowest BCUT2D eigenvalue weighted by atomic mass is 9.96. The summed E-state index contributed by atoms with van der Waals surface area (Å²) in [5, 5.41) is 17.7. The van der Waals surface area contributed by atoms with Gasteiger partial charge in [0.25, 0.3) is 0 Å². The van der Waals surface area contributed by atoms with Gasteiger partial charge in [-0.25, -0.2) is 4.68 Å². The molecule has 0 N–H and O–H groups in total. The number of piperidine rings is 1. The Morgan fingerprint density at radius 3 is 2.79 bits per heavy atom. The first-order valence-electron chi connectivity index (χ1n) is 10.1. The third-order valence-corrected chi connectivity index (χ3v) is 5.73. The first-order valence-corrected chi connectivity index (χ1v) is 10.1. The van der Waals surface area contributed by atoms with Crippen LogP contribution in [0.3, 0.4) is 0 Å². The molecule has 2 fully saturated rings. The van der Waals surface area contributed by atoms with Gasteiger partial charge in [-0.2, -0.15) is 9.61 Å². The number of ether oxygens (including phenoxy) is 1. The Bertz CT molecular complexity index is 977. The summed E-state index contributed by atoms with van der Waals surface area (Å²) in [7, 11) is 0. The fraction of sp³-hybridized carbons (Fsp3) is 0.526. The van der Waals surface area contributed by atoms with Gasteiger partial charge in [-0.1, -0.05) is 0 Å². The van der Waals surface area contributed by atoms with Gasteiger partial charge in [-0.05, 0) is 44.1 Å². The second kappa shape index (κ2) is 7.88. The number of hydrogen-bond donors (Lipinski definition) is 0. The zero-order valence-electron chi connectivity index (χ0n) is 16.2. The van der Waals surface area contributed by atoms with Crippen LogP contribution in [0.4, 0.5) is 0 Å². The molecule has 0 bridgehead atoms. The predicted octanol–water partition coefficient (Wildman–Crippen LogP) is 0.348. The van der Waals surface area contributed by atoms with Crippen molar-refractivity contribution in [2.45, 2.75) is 18.8 Å². The largest absolute Gasteiger partial charge is 0.370 e. The van der Waals surface area contributed by atoms with Crippen molar-refractivity contribution in [3.8, 4) is 5.82 Å². The van der Waals surface area contributed by atoms with Crippen molar-refractivity contribution in [3.63, 3.8) is 0 Å². The number of amides is 1. The van der Waals surface area contributed by atoms with Gasteiger partial charge in [0.1, 0.15) is 6.61 Å². The summed E-state index contributed by atoms with van der Waals surface area (Å²) < 4.78 is 8.78. The van der Waals surface area contributed by atoms with Crippen LogP contribution < -0.4 is 0 Å². The van der Waals surface area contributed by atoms with Crippen molar-refractivity contribution in [1.29, 1.82) is 0 Å². The molecule has 0 aliphatic carbocycles. The van der Waals surface area contributed by atoms with E-state index in [1.54, 1.807) is 10.9 Å². The number of aromatic nitrogens is 6. The minimum atomic E-state index is 0.0973. The molecule has 0 aromatic carbocycles. The Hall–Kier alpha value is -2.85. The quantitative estimate of drug-likeness (QED) is 0.614. The maximum Gasteiger partial charge on any atom is 0.248 e. The maximum atomic E-state index is 11.9. The Balaban J connectivity index is 1.23. The summed E-state index contributed by atoms with van der Waals surface area (Å²) in [6.07, 6.45) is 5.62. The first-order chi connectivity index (χ1) is 14.3. The molecule has 10 heteroatoms. The van der Waals surface area contributed by atoms with E-state index >= 15 is 0 Å². The average Bonchev–Trinajstić information content (AvgIpc) is 3.43. The Kier molecular flexibility index (Phi) is 4.94. The highest BCUT2D eigenvalue weighted by molar-refractivity contribution is 5.77. The van der Waals surface area contributed by atoms with Crippen LogP contribution in [0.25, 0.3) is 11.5 Å². The molecule has 0 unspecified atom stereocenters. The van der Waals surface area contributed by atoms with Crippen molar-refractivity contribution in [2.24, 2.45) is 0 Å². The van der Waals surface area contributed by atoms with Crippen molar-refractivity contribution >= 4 is 11.6 Å². The highest BCUT2D eigenvalue weighted by Gasteiger charge is 2.26. The van der Waals surface area contributed by atoms with Gasteiger partial charge in [0.05, 0.1) is 6.61 Å². The van der Waals surface area contributed by atoms with Crippen LogP contribution in [0.2, 0.25) is 0 Å². The summed E-state index contributed by atoms with van der Waals surface area (Å²) >= 11 is 0. The normalized spacial score (nSPS) is 19.3. The van der Waals surface area contributed by atoms with Gasteiger partial charge in [-0.3, -0.25) is 4.79 Å². The number of morpholine rings is 1. The lowest BCUT2D eigenvalue weighted by Gasteiger charge is -2.34. The number of likely N-dealkylation sites (tertiary alicyclic amines) is 1. The highest BCUT2D eigenvalue weighted by Crippen LogP contribution is 2.27. The van der Waals surface area contributed by atoms with Gasteiger partial charge in [-0.15, -0.1) is 15.3 Å². The van der Waals surface area contributed by atoms with Gasteiger partial charge in [0, 0.05) is 37.9 Å². The first kappa shape index (κ1) is 18.2. The molecule has 3 aromatic heterocycles. The van der Waals surface area contributed by atoms with Crippen molar-refractivity contribution in [2.75, 3.05) is 45.9 Å². The number of fused-ring (bicyclic) bond motifs is 1. The molecule has 5 rings (SSSR count). The molecule has 0 spiro atoms. The smallest absolute Gasteiger partial charge is 0.248 e. The van der Waals surface area contributed by atoms with E-state index in [-0.39, 0.29) is 12.5 Å². The monoisotopic (exact) mass is 396 g/mol. The van der Waals surface area contributed by atoms with Crippen molar-refractivity contribution in [3.05, 3.63) is 36.4 Å². The van der Waals surface area contributed by atoms with Gasteiger partial charge in [0.2, 0.25) is 5.91 Å². The summed E-state index contributed by atoms with van der Waals surface area (Å²) in [4.78, 5) is 16.2. The standard InChI is InChI=1S/C19H24N8O2/c28-18-14-29-13-12-25(18)11-10-24-8-4-15(5-9-24)19-22-21-16-2-3-17(23-27(16)19)26-7-1-6-20-26/h1-3,6-7,15H,4-5,8-14H2. The predicted molar refractivity (Wildman–Crippen MR) is 104 cm³/mol. The molecule has 10 nitrogen and oxygen atoms in total. The van der Waals surface area contributed by atoms with Crippen LogP contribution in [-0.4, -0.2) is 91.2 Å².